The highest BCUT2D eigenvalue weighted by Crippen LogP contribution is 2.07. The third kappa shape index (κ3) is 6.47. The first-order chi connectivity index (χ1) is 8.58. The highest BCUT2D eigenvalue weighted by atomic mass is 32.1. The molecule has 1 rings (SSSR count). The zero-order valence-corrected chi connectivity index (χ0v) is 11.5. The molecule has 1 aromatic rings. The second kappa shape index (κ2) is 7.95. The van der Waals surface area contributed by atoms with Gasteiger partial charge in [-0.3, -0.25) is 4.79 Å². The molecule has 1 amide bonds. The van der Waals surface area contributed by atoms with Crippen LogP contribution in [-0.2, 0) is 16.0 Å². The van der Waals surface area contributed by atoms with Crippen LogP contribution >= 0.6 is 12.6 Å². The molecule has 0 aliphatic heterocycles. The van der Waals surface area contributed by atoms with Gasteiger partial charge in [0.05, 0.1) is 19.6 Å². The molecule has 0 saturated heterocycles. The van der Waals surface area contributed by atoms with E-state index in [0.717, 1.165) is 16.0 Å². The van der Waals surface area contributed by atoms with Gasteiger partial charge in [0, 0.05) is 11.4 Å². The van der Waals surface area contributed by atoms with Crippen LogP contribution in [0.5, 0.6) is 0 Å². The van der Waals surface area contributed by atoms with Crippen LogP contribution in [-0.4, -0.2) is 25.7 Å². The summed E-state index contributed by atoms with van der Waals surface area (Å²) in [5, 5.41) is 2.81. The molecule has 0 spiro atoms. The van der Waals surface area contributed by atoms with E-state index in [2.05, 4.69) is 24.5 Å². The smallest absolute Gasteiger partial charge is 0.224 e. The number of rotatable bonds is 7. The van der Waals surface area contributed by atoms with Crippen LogP contribution < -0.4 is 5.32 Å². The van der Waals surface area contributed by atoms with Crippen LogP contribution in [0.4, 0.5) is 0 Å². The quantitative estimate of drug-likeness (QED) is 0.451. The molecule has 0 aliphatic rings. The lowest BCUT2D eigenvalue weighted by Crippen LogP contribution is -2.28. The summed E-state index contributed by atoms with van der Waals surface area (Å²) in [6.45, 7) is 7.21. The summed E-state index contributed by atoms with van der Waals surface area (Å²) in [6.07, 6.45) is 0.383. The van der Waals surface area contributed by atoms with Crippen molar-refractivity contribution in [1.29, 1.82) is 0 Å². The highest BCUT2D eigenvalue weighted by Gasteiger charge is 2.02. The lowest BCUT2D eigenvalue weighted by Gasteiger charge is -2.06. The minimum atomic E-state index is 0.000777. The number of benzene rings is 1. The van der Waals surface area contributed by atoms with Crippen molar-refractivity contribution in [1.82, 2.24) is 5.32 Å². The summed E-state index contributed by atoms with van der Waals surface area (Å²) in [7, 11) is 0. The van der Waals surface area contributed by atoms with Gasteiger partial charge in [0.25, 0.3) is 0 Å². The summed E-state index contributed by atoms with van der Waals surface area (Å²) in [5.41, 5.74) is 1.96. The van der Waals surface area contributed by atoms with Crippen molar-refractivity contribution in [2.45, 2.75) is 18.2 Å². The first-order valence-corrected chi connectivity index (χ1v) is 6.29. The molecule has 3 nitrogen and oxygen atoms in total. The van der Waals surface area contributed by atoms with E-state index in [1.165, 1.54) is 0 Å². The number of hydrogen-bond acceptors (Lipinski definition) is 3. The first-order valence-electron chi connectivity index (χ1n) is 5.84. The Morgan fingerprint density at radius 3 is 2.67 bits per heavy atom. The average molecular weight is 265 g/mol. The van der Waals surface area contributed by atoms with Gasteiger partial charge >= 0.3 is 0 Å². The van der Waals surface area contributed by atoms with E-state index >= 15 is 0 Å². The molecule has 18 heavy (non-hydrogen) atoms. The molecule has 0 radical (unpaired) electrons. The highest BCUT2D eigenvalue weighted by molar-refractivity contribution is 7.80. The van der Waals surface area contributed by atoms with Crippen molar-refractivity contribution >= 4 is 18.5 Å². The third-order valence-corrected chi connectivity index (χ3v) is 2.52. The molecule has 0 fully saturated rings. The van der Waals surface area contributed by atoms with E-state index < -0.39 is 0 Å². The molecule has 1 N–H and O–H groups in total. The number of carbonyl (C=O) groups excluding carboxylic acids is 1. The lowest BCUT2D eigenvalue weighted by molar-refractivity contribution is -0.120. The van der Waals surface area contributed by atoms with E-state index in [1.54, 1.807) is 0 Å². The largest absolute Gasteiger partial charge is 0.375 e. The summed E-state index contributed by atoms with van der Waals surface area (Å²) in [6, 6.07) is 7.56. The molecule has 0 unspecified atom stereocenters. The van der Waals surface area contributed by atoms with Gasteiger partial charge in [-0.25, -0.2) is 0 Å². The summed E-state index contributed by atoms with van der Waals surface area (Å²) < 4.78 is 5.29. The molecule has 0 aromatic heterocycles. The summed E-state index contributed by atoms with van der Waals surface area (Å²) in [5.74, 6) is 0.000777. The van der Waals surface area contributed by atoms with E-state index in [-0.39, 0.29) is 5.91 Å². The normalized spacial score (nSPS) is 10.1. The number of ether oxygens (including phenoxy) is 1. The van der Waals surface area contributed by atoms with Crippen molar-refractivity contribution in [2.24, 2.45) is 0 Å². The van der Waals surface area contributed by atoms with Crippen LogP contribution in [0.15, 0.2) is 41.3 Å². The van der Waals surface area contributed by atoms with Gasteiger partial charge in [-0.05, 0) is 24.6 Å². The zero-order chi connectivity index (χ0) is 13.4. The second-order valence-electron chi connectivity index (χ2n) is 4.20. The minimum absolute atomic E-state index is 0.000777. The monoisotopic (exact) mass is 265 g/mol. The Hall–Kier alpha value is -1.26. The Morgan fingerprint density at radius 2 is 2.06 bits per heavy atom. The Balaban J connectivity index is 2.17. The molecule has 0 saturated carbocycles. The lowest BCUT2D eigenvalue weighted by atomic mass is 10.1. The van der Waals surface area contributed by atoms with Gasteiger partial charge in [0.1, 0.15) is 0 Å². The minimum Gasteiger partial charge on any atom is -0.375 e. The Labute approximate surface area is 114 Å². The predicted octanol–water partition coefficient (Wildman–Crippen LogP) is 2.23. The maximum atomic E-state index is 11.6. The van der Waals surface area contributed by atoms with Gasteiger partial charge in [0.2, 0.25) is 5.91 Å². The van der Waals surface area contributed by atoms with Crippen LogP contribution in [0, 0.1) is 0 Å². The number of carbonyl (C=O) groups is 1. The number of nitrogens with one attached hydrogen (secondary N) is 1. The fraction of sp³-hybridized carbons (Fsp3) is 0.357. The number of amides is 1. The van der Waals surface area contributed by atoms with Crippen molar-refractivity contribution in [3.63, 3.8) is 0 Å². The molecule has 0 bridgehead atoms. The van der Waals surface area contributed by atoms with Gasteiger partial charge in [-0.2, -0.15) is 0 Å². The second-order valence-corrected chi connectivity index (χ2v) is 4.72. The van der Waals surface area contributed by atoms with Gasteiger partial charge in [-0.1, -0.05) is 24.3 Å². The topological polar surface area (TPSA) is 38.3 Å². The number of thiol groups is 1. The molecule has 0 aliphatic carbocycles. The van der Waals surface area contributed by atoms with Crippen molar-refractivity contribution in [2.75, 3.05) is 19.8 Å². The fourth-order valence-electron chi connectivity index (χ4n) is 1.37. The first kappa shape index (κ1) is 14.8. The van der Waals surface area contributed by atoms with Crippen molar-refractivity contribution in [3.05, 3.63) is 42.0 Å². The Kier molecular flexibility index (Phi) is 6.54. The summed E-state index contributed by atoms with van der Waals surface area (Å²) >= 11 is 4.19. The molecule has 0 heterocycles. The zero-order valence-electron chi connectivity index (χ0n) is 10.6. The van der Waals surface area contributed by atoms with E-state index in [4.69, 9.17) is 4.74 Å². The van der Waals surface area contributed by atoms with Crippen LogP contribution in [0.3, 0.4) is 0 Å². The molecule has 4 heteroatoms. The van der Waals surface area contributed by atoms with Gasteiger partial charge < -0.3 is 10.1 Å². The molecule has 1 aromatic carbocycles. The fourth-order valence-corrected chi connectivity index (χ4v) is 1.52. The van der Waals surface area contributed by atoms with Crippen LogP contribution in [0.2, 0.25) is 0 Å². The standard InChI is InChI=1S/C14H19NO2S/c1-11(2)10-17-8-7-15-14(16)9-12-3-5-13(18)6-4-12/h3-6,18H,1,7-10H2,2H3,(H,15,16). The average Bonchev–Trinajstić information content (AvgIpc) is 2.31. The Morgan fingerprint density at radius 1 is 1.39 bits per heavy atom. The van der Waals surface area contributed by atoms with Crippen LogP contribution in [0.25, 0.3) is 0 Å². The van der Waals surface area contributed by atoms with E-state index in [0.29, 0.717) is 26.2 Å². The maximum Gasteiger partial charge on any atom is 0.224 e. The van der Waals surface area contributed by atoms with Crippen molar-refractivity contribution in [3.8, 4) is 0 Å². The Bertz CT molecular complexity index is 401. The molecule has 0 atom stereocenters. The van der Waals surface area contributed by atoms with Gasteiger partial charge in [-0.15, -0.1) is 12.6 Å². The molecular formula is C14H19NO2S. The molecule has 98 valence electrons. The maximum absolute atomic E-state index is 11.6. The molecular weight excluding hydrogens is 246 g/mol. The summed E-state index contributed by atoms with van der Waals surface area (Å²) in [4.78, 5) is 12.5. The van der Waals surface area contributed by atoms with E-state index in [9.17, 15) is 4.79 Å². The predicted molar refractivity (Wildman–Crippen MR) is 76.0 cm³/mol. The third-order valence-electron chi connectivity index (χ3n) is 2.22. The van der Waals surface area contributed by atoms with E-state index in [1.807, 2.05) is 31.2 Å². The van der Waals surface area contributed by atoms with Crippen molar-refractivity contribution < 1.29 is 9.53 Å². The van der Waals surface area contributed by atoms with Gasteiger partial charge in [0.15, 0.2) is 0 Å². The SMILES string of the molecule is C=C(C)COCCNC(=O)Cc1ccc(S)cc1. The number of hydrogen-bond donors (Lipinski definition) is 2. The van der Waals surface area contributed by atoms with Crippen LogP contribution in [0.1, 0.15) is 12.5 Å².